The third kappa shape index (κ3) is 3.60. The number of carbonyl (C=O) groups excluding carboxylic acids is 2. The van der Waals surface area contributed by atoms with Gasteiger partial charge in [0.1, 0.15) is 0 Å². The quantitative estimate of drug-likeness (QED) is 0.680. The van der Waals surface area contributed by atoms with Crippen LogP contribution in [0.3, 0.4) is 0 Å². The van der Waals surface area contributed by atoms with Crippen LogP contribution in [0.5, 0.6) is 0 Å². The summed E-state index contributed by atoms with van der Waals surface area (Å²) in [7, 11) is 1.39. The number of benzene rings is 1. The van der Waals surface area contributed by atoms with Gasteiger partial charge >= 0.3 is 5.97 Å². The second-order valence-corrected chi connectivity index (χ2v) is 6.28. The van der Waals surface area contributed by atoms with Crippen LogP contribution < -0.4 is 5.32 Å². The fourth-order valence-electron chi connectivity index (χ4n) is 2.55. The van der Waals surface area contributed by atoms with Gasteiger partial charge in [-0.15, -0.1) is 0 Å². The summed E-state index contributed by atoms with van der Waals surface area (Å²) in [5.41, 5.74) is 0.604. The second-order valence-electron chi connectivity index (χ2n) is 4.99. The predicted octanol–water partition coefficient (Wildman–Crippen LogP) is 2.52. The first-order valence-corrected chi connectivity index (χ1v) is 7.61. The lowest BCUT2D eigenvalue weighted by Gasteiger charge is -2.32. The molecule has 0 saturated heterocycles. The van der Waals surface area contributed by atoms with Crippen molar-refractivity contribution in [1.82, 2.24) is 5.32 Å². The number of carbonyl (C=O) groups is 2. The predicted molar refractivity (Wildman–Crippen MR) is 79.8 cm³/mol. The van der Waals surface area contributed by atoms with E-state index in [1.54, 1.807) is 12.1 Å². The van der Waals surface area contributed by atoms with E-state index in [0.717, 1.165) is 19.3 Å². The minimum absolute atomic E-state index is 0.147. The topological polar surface area (TPSA) is 55.4 Å². The van der Waals surface area contributed by atoms with Crippen LogP contribution in [0.1, 0.15) is 29.6 Å². The normalized spacial score (nSPS) is 25.8. The molecule has 1 N–H and O–H groups in total. The molecule has 1 aliphatic carbocycles. The molecule has 108 valence electrons. The molecule has 0 spiro atoms. The fraction of sp³-hybridized carbons (Fsp3) is 0.467. The summed E-state index contributed by atoms with van der Waals surface area (Å²) in [6.45, 7) is 0. The zero-order valence-electron chi connectivity index (χ0n) is 11.3. The van der Waals surface area contributed by atoms with Crippen LogP contribution in [0.15, 0.2) is 30.3 Å². The van der Waals surface area contributed by atoms with Crippen molar-refractivity contribution in [3.63, 3.8) is 0 Å². The van der Waals surface area contributed by atoms with Gasteiger partial charge in [0.2, 0.25) is 0 Å². The summed E-state index contributed by atoms with van der Waals surface area (Å²) in [6, 6.07) is 8.84. The van der Waals surface area contributed by atoms with E-state index in [-0.39, 0.29) is 23.8 Å². The summed E-state index contributed by atoms with van der Waals surface area (Å²) >= 11 is 3.57. The van der Waals surface area contributed by atoms with E-state index in [9.17, 15) is 9.59 Å². The summed E-state index contributed by atoms with van der Waals surface area (Å²) in [6.07, 6.45) is 2.37. The SMILES string of the molecule is COC(=O)C1CCC(Br)CC1NC(=O)c1ccccc1. The lowest BCUT2D eigenvalue weighted by atomic mass is 9.84. The van der Waals surface area contributed by atoms with Crippen LogP contribution in [-0.4, -0.2) is 29.9 Å². The average molecular weight is 340 g/mol. The second kappa shape index (κ2) is 6.88. The summed E-state index contributed by atoms with van der Waals surface area (Å²) in [5.74, 6) is -0.657. The third-order valence-corrected chi connectivity index (χ3v) is 4.47. The number of rotatable bonds is 3. The van der Waals surface area contributed by atoms with Crippen LogP contribution in [0.4, 0.5) is 0 Å². The van der Waals surface area contributed by atoms with Gasteiger partial charge in [-0.05, 0) is 31.4 Å². The van der Waals surface area contributed by atoms with E-state index >= 15 is 0 Å². The molecule has 1 saturated carbocycles. The number of nitrogens with one attached hydrogen (secondary N) is 1. The van der Waals surface area contributed by atoms with Crippen molar-refractivity contribution >= 4 is 27.8 Å². The lowest BCUT2D eigenvalue weighted by molar-refractivity contribution is -0.147. The summed E-state index contributed by atoms with van der Waals surface area (Å²) < 4.78 is 4.84. The molecular weight excluding hydrogens is 322 g/mol. The van der Waals surface area contributed by atoms with Crippen molar-refractivity contribution in [3.8, 4) is 0 Å². The molecule has 1 aliphatic rings. The Hall–Kier alpha value is -1.36. The van der Waals surface area contributed by atoms with Gasteiger partial charge < -0.3 is 10.1 Å². The fourth-order valence-corrected chi connectivity index (χ4v) is 3.22. The van der Waals surface area contributed by atoms with Crippen LogP contribution >= 0.6 is 15.9 Å². The third-order valence-electron chi connectivity index (χ3n) is 3.64. The first kappa shape index (κ1) is 15.0. The molecular formula is C15H18BrNO3. The molecule has 4 nitrogen and oxygen atoms in total. The number of hydrogen-bond donors (Lipinski definition) is 1. The van der Waals surface area contributed by atoms with Crippen molar-refractivity contribution in [1.29, 1.82) is 0 Å². The van der Waals surface area contributed by atoms with Crippen LogP contribution in [-0.2, 0) is 9.53 Å². The molecule has 5 heteroatoms. The van der Waals surface area contributed by atoms with Gasteiger partial charge in [-0.25, -0.2) is 0 Å². The molecule has 3 unspecified atom stereocenters. The van der Waals surface area contributed by atoms with E-state index in [1.807, 2.05) is 18.2 Å². The maximum atomic E-state index is 12.2. The number of halogens is 1. The maximum Gasteiger partial charge on any atom is 0.310 e. The monoisotopic (exact) mass is 339 g/mol. The number of hydrogen-bond acceptors (Lipinski definition) is 3. The molecule has 3 atom stereocenters. The van der Waals surface area contributed by atoms with Crippen LogP contribution in [0.2, 0.25) is 0 Å². The molecule has 1 aromatic carbocycles. The van der Waals surface area contributed by atoms with E-state index in [2.05, 4.69) is 21.2 Å². The number of ether oxygens (including phenoxy) is 1. The average Bonchev–Trinajstić information content (AvgIpc) is 2.47. The Bertz CT molecular complexity index is 477. The van der Waals surface area contributed by atoms with E-state index in [0.29, 0.717) is 10.4 Å². The highest BCUT2D eigenvalue weighted by Crippen LogP contribution is 2.30. The van der Waals surface area contributed by atoms with Gasteiger partial charge in [-0.2, -0.15) is 0 Å². The molecule has 0 heterocycles. The minimum atomic E-state index is -0.263. The Morgan fingerprint density at radius 3 is 2.60 bits per heavy atom. The summed E-state index contributed by atoms with van der Waals surface area (Å²) in [5, 5.41) is 2.96. The van der Waals surface area contributed by atoms with Gasteiger partial charge in [-0.1, -0.05) is 34.1 Å². The van der Waals surface area contributed by atoms with Crippen molar-refractivity contribution in [3.05, 3.63) is 35.9 Å². The van der Waals surface area contributed by atoms with Crippen molar-refractivity contribution in [2.45, 2.75) is 30.1 Å². The van der Waals surface area contributed by atoms with Gasteiger partial charge in [-0.3, -0.25) is 9.59 Å². The highest BCUT2D eigenvalue weighted by molar-refractivity contribution is 9.09. The number of methoxy groups -OCH3 is 1. The Morgan fingerprint density at radius 2 is 1.95 bits per heavy atom. The number of alkyl halides is 1. The van der Waals surface area contributed by atoms with Gasteiger partial charge in [0.25, 0.3) is 5.91 Å². The molecule has 1 aromatic rings. The molecule has 1 amide bonds. The van der Waals surface area contributed by atoms with Crippen molar-refractivity contribution in [2.24, 2.45) is 5.92 Å². The molecule has 1 fully saturated rings. The Morgan fingerprint density at radius 1 is 1.25 bits per heavy atom. The molecule has 20 heavy (non-hydrogen) atoms. The Kier molecular flexibility index (Phi) is 5.17. The molecule has 0 aromatic heterocycles. The van der Waals surface area contributed by atoms with Crippen molar-refractivity contribution < 1.29 is 14.3 Å². The lowest BCUT2D eigenvalue weighted by Crippen LogP contribution is -2.47. The molecule has 0 bridgehead atoms. The van der Waals surface area contributed by atoms with Crippen molar-refractivity contribution in [2.75, 3.05) is 7.11 Å². The molecule has 2 rings (SSSR count). The standard InChI is InChI=1S/C15H18BrNO3/c1-20-15(19)12-8-7-11(16)9-13(12)17-14(18)10-5-3-2-4-6-10/h2-6,11-13H,7-9H2,1H3,(H,17,18). The minimum Gasteiger partial charge on any atom is -0.469 e. The first-order valence-electron chi connectivity index (χ1n) is 6.69. The Balaban J connectivity index is 2.07. The van der Waals surface area contributed by atoms with Crippen LogP contribution in [0.25, 0.3) is 0 Å². The Labute approximate surface area is 127 Å². The zero-order valence-corrected chi connectivity index (χ0v) is 12.9. The highest BCUT2D eigenvalue weighted by Gasteiger charge is 2.35. The maximum absolute atomic E-state index is 12.2. The molecule has 0 aliphatic heterocycles. The van der Waals surface area contributed by atoms with E-state index in [4.69, 9.17) is 4.74 Å². The van der Waals surface area contributed by atoms with E-state index < -0.39 is 0 Å². The number of amides is 1. The van der Waals surface area contributed by atoms with Gasteiger partial charge in [0, 0.05) is 16.4 Å². The molecule has 0 radical (unpaired) electrons. The van der Waals surface area contributed by atoms with E-state index in [1.165, 1.54) is 7.11 Å². The highest BCUT2D eigenvalue weighted by atomic mass is 79.9. The van der Waals surface area contributed by atoms with Gasteiger partial charge in [0.15, 0.2) is 0 Å². The van der Waals surface area contributed by atoms with Crippen LogP contribution in [0, 0.1) is 5.92 Å². The smallest absolute Gasteiger partial charge is 0.310 e. The largest absolute Gasteiger partial charge is 0.469 e. The summed E-state index contributed by atoms with van der Waals surface area (Å²) in [4.78, 5) is 24.3. The van der Waals surface area contributed by atoms with Gasteiger partial charge in [0.05, 0.1) is 13.0 Å². The first-order chi connectivity index (χ1) is 9.61. The number of esters is 1. The zero-order chi connectivity index (χ0) is 14.5.